The predicted molar refractivity (Wildman–Crippen MR) is 63.1 cm³/mol. The molecule has 16 heavy (non-hydrogen) atoms. The number of aromatic nitrogens is 1. The fraction of sp³-hybridized carbons (Fsp3) is 0.500. The molecule has 1 fully saturated rings. The molecule has 0 aliphatic carbocycles. The van der Waals surface area contributed by atoms with E-state index in [4.69, 9.17) is 5.26 Å². The summed E-state index contributed by atoms with van der Waals surface area (Å²) in [5.74, 6) is 0. The highest BCUT2D eigenvalue weighted by atomic mass is 15.1. The zero-order valence-corrected chi connectivity index (χ0v) is 9.48. The fourth-order valence-electron chi connectivity index (χ4n) is 1.98. The maximum absolute atomic E-state index is 8.93. The van der Waals surface area contributed by atoms with Gasteiger partial charge in [-0.3, -0.25) is 0 Å². The van der Waals surface area contributed by atoms with Crippen LogP contribution in [-0.4, -0.2) is 36.1 Å². The summed E-state index contributed by atoms with van der Waals surface area (Å²) < 4.78 is 0. The number of nitrogens with one attached hydrogen (secondary N) is 1. The van der Waals surface area contributed by atoms with Gasteiger partial charge in [-0.1, -0.05) is 0 Å². The lowest BCUT2D eigenvalue weighted by Crippen LogP contribution is -2.36. The number of hydrogen-bond acceptors (Lipinski definition) is 4. The summed E-state index contributed by atoms with van der Waals surface area (Å²) in [4.78, 5) is 6.37. The van der Waals surface area contributed by atoms with Crippen molar-refractivity contribution in [3.8, 4) is 6.07 Å². The minimum atomic E-state index is 0.465. The molecule has 0 spiro atoms. The Hall–Kier alpha value is -1.60. The van der Waals surface area contributed by atoms with E-state index in [1.54, 1.807) is 6.20 Å². The number of hydrogen-bond donors (Lipinski definition) is 1. The highest BCUT2D eigenvalue weighted by Gasteiger charge is 2.17. The van der Waals surface area contributed by atoms with Crippen molar-refractivity contribution >= 4 is 5.69 Å². The van der Waals surface area contributed by atoms with Crippen LogP contribution in [0, 0.1) is 11.3 Å². The van der Waals surface area contributed by atoms with E-state index in [9.17, 15) is 0 Å². The molecule has 0 amide bonds. The number of nitrogens with zero attached hydrogens (tertiary/aromatic N) is 3. The summed E-state index contributed by atoms with van der Waals surface area (Å²) >= 11 is 0. The molecule has 1 aromatic rings. The minimum Gasteiger partial charge on any atom is -0.380 e. The third-order valence-electron chi connectivity index (χ3n) is 2.99. The monoisotopic (exact) mass is 216 g/mol. The molecular formula is C12H16N4. The summed E-state index contributed by atoms with van der Waals surface area (Å²) in [6, 6.07) is 6.35. The summed E-state index contributed by atoms with van der Waals surface area (Å²) in [5.41, 5.74) is 1.35. The lowest BCUT2D eigenvalue weighted by atomic mass is 10.1. The van der Waals surface area contributed by atoms with Crippen molar-refractivity contribution in [1.29, 1.82) is 5.26 Å². The Kier molecular flexibility index (Phi) is 3.37. The first-order valence-electron chi connectivity index (χ1n) is 5.60. The average Bonchev–Trinajstić information content (AvgIpc) is 2.33. The Bertz CT molecular complexity index is 388. The zero-order chi connectivity index (χ0) is 11.4. The highest BCUT2D eigenvalue weighted by Crippen LogP contribution is 2.17. The third kappa shape index (κ3) is 2.50. The number of anilines is 1. The van der Waals surface area contributed by atoms with Gasteiger partial charge < -0.3 is 10.2 Å². The molecule has 4 nitrogen and oxygen atoms in total. The fourth-order valence-corrected chi connectivity index (χ4v) is 1.98. The lowest BCUT2D eigenvalue weighted by Gasteiger charge is -2.30. The van der Waals surface area contributed by atoms with Gasteiger partial charge in [0.15, 0.2) is 5.69 Å². The van der Waals surface area contributed by atoms with Gasteiger partial charge in [0.05, 0.1) is 5.69 Å². The zero-order valence-electron chi connectivity index (χ0n) is 9.48. The number of piperidine rings is 1. The van der Waals surface area contributed by atoms with Gasteiger partial charge in [-0.05, 0) is 45.1 Å². The van der Waals surface area contributed by atoms with E-state index >= 15 is 0 Å². The van der Waals surface area contributed by atoms with Crippen LogP contribution in [0.1, 0.15) is 18.5 Å². The second-order valence-corrected chi connectivity index (χ2v) is 4.23. The molecule has 0 radical (unpaired) electrons. The number of nitriles is 1. The maximum atomic E-state index is 8.93. The largest absolute Gasteiger partial charge is 0.380 e. The van der Waals surface area contributed by atoms with Crippen LogP contribution in [0.4, 0.5) is 5.69 Å². The molecule has 1 saturated heterocycles. The van der Waals surface area contributed by atoms with Crippen LogP contribution in [-0.2, 0) is 0 Å². The Labute approximate surface area is 95.9 Å². The maximum Gasteiger partial charge on any atom is 0.163 e. The average molecular weight is 216 g/mol. The van der Waals surface area contributed by atoms with Gasteiger partial charge in [-0.2, -0.15) is 5.26 Å². The van der Waals surface area contributed by atoms with Gasteiger partial charge in [0.2, 0.25) is 0 Å². The number of likely N-dealkylation sites (tertiary alicyclic amines) is 1. The summed E-state index contributed by atoms with van der Waals surface area (Å²) in [6.07, 6.45) is 3.89. The predicted octanol–water partition coefficient (Wildman–Crippen LogP) is 1.46. The second kappa shape index (κ2) is 4.95. The van der Waals surface area contributed by atoms with Gasteiger partial charge in [0.1, 0.15) is 6.07 Å². The molecule has 1 aromatic heterocycles. The molecule has 1 N–H and O–H groups in total. The van der Waals surface area contributed by atoms with E-state index in [1.165, 1.54) is 0 Å². The lowest BCUT2D eigenvalue weighted by molar-refractivity contribution is 0.264. The van der Waals surface area contributed by atoms with Crippen LogP contribution in [0.15, 0.2) is 18.3 Å². The molecule has 0 unspecified atom stereocenters. The molecule has 1 aliphatic heterocycles. The molecule has 0 bridgehead atoms. The summed E-state index contributed by atoms with van der Waals surface area (Å²) in [6.45, 7) is 2.22. The van der Waals surface area contributed by atoms with Gasteiger partial charge in [-0.25, -0.2) is 4.98 Å². The topological polar surface area (TPSA) is 52.0 Å². The molecule has 0 saturated carbocycles. The van der Waals surface area contributed by atoms with E-state index in [-0.39, 0.29) is 0 Å². The van der Waals surface area contributed by atoms with E-state index in [0.717, 1.165) is 31.6 Å². The van der Waals surface area contributed by atoms with Crippen molar-refractivity contribution in [2.24, 2.45) is 0 Å². The van der Waals surface area contributed by atoms with Crippen molar-refractivity contribution in [3.63, 3.8) is 0 Å². The van der Waals surface area contributed by atoms with Crippen LogP contribution < -0.4 is 5.32 Å². The molecule has 1 aliphatic rings. The SMILES string of the molecule is CN1CCC(Nc2cccnc2C#N)CC1. The summed E-state index contributed by atoms with van der Waals surface area (Å²) in [7, 11) is 2.14. The Morgan fingerprint density at radius 2 is 2.25 bits per heavy atom. The van der Waals surface area contributed by atoms with E-state index in [0.29, 0.717) is 11.7 Å². The van der Waals surface area contributed by atoms with Gasteiger partial charge in [-0.15, -0.1) is 0 Å². The quantitative estimate of drug-likeness (QED) is 0.813. The Morgan fingerprint density at radius 1 is 1.50 bits per heavy atom. The first-order valence-corrected chi connectivity index (χ1v) is 5.60. The van der Waals surface area contributed by atoms with Crippen LogP contribution >= 0.6 is 0 Å². The van der Waals surface area contributed by atoms with Gasteiger partial charge >= 0.3 is 0 Å². The van der Waals surface area contributed by atoms with Crippen LogP contribution in [0.3, 0.4) is 0 Å². The minimum absolute atomic E-state index is 0.465. The standard InChI is InChI=1S/C12H16N4/c1-16-7-4-10(5-8-16)15-11-3-2-6-14-12(11)9-13/h2-3,6,10,15H,4-5,7-8H2,1H3. The van der Waals surface area contributed by atoms with Crippen molar-refractivity contribution in [1.82, 2.24) is 9.88 Å². The molecular weight excluding hydrogens is 200 g/mol. The normalized spacial score (nSPS) is 18.0. The van der Waals surface area contributed by atoms with E-state index < -0.39 is 0 Å². The number of pyridine rings is 1. The smallest absolute Gasteiger partial charge is 0.163 e. The van der Waals surface area contributed by atoms with Crippen molar-refractivity contribution in [3.05, 3.63) is 24.0 Å². The van der Waals surface area contributed by atoms with Gasteiger partial charge in [0, 0.05) is 12.2 Å². The molecule has 0 atom stereocenters. The Balaban J connectivity index is 2.01. The third-order valence-corrected chi connectivity index (χ3v) is 2.99. The van der Waals surface area contributed by atoms with Crippen molar-refractivity contribution in [2.75, 3.05) is 25.5 Å². The molecule has 84 valence electrons. The van der Waals surface area contributed by atoms with Crippen molar-refractivity contribution in [2.45, 2.75) is 18.9 Å². The summed E-state index contributed by atoms with van der Waals surface area (Å²) in [5, 5.41) is 12.3. The van der Waals surface area contributed by atoms with Crippen molar-refractivity contribution < 1.29 is 0 Å². The van der Waals surface area contributed by atoms with E-state index in [2.05, 4.69) is 28.3 Å². The highest BCUT2D eigenvalue weighted by molar-refractivity contribution is 5.53. The van der Waals surface area contributed by atoms with E-state index in [1.807, 2.05) is 12.1 Å². The van der Waals surface area contributed by atoms with Crippen LogP contribution in [0.5, 0.6) is 0 Å². The molecule has 2 heterocycles. The first-order chi connectivity index (χ1) is 7.79. The van der Waals surface area contributed by atoms with Gasteiger partial charge in [0.25, 0.3) is 0 Å². The van der Waals surface area contributed by atoms with Crippen LogP contribution in [0.2, 0.25) is 0 Å². The first kappa shape index (κ1) is 10.9. The molecule has 2 rings (SSSR count). The van der Waals surface area contributed by atoms with Crippen LogP contribution in [0.25, 0.3) is 0 Å². The molecule has 0 aromatic carbocycles. The number of rotatable bonds is 2. The second-order valence-electron chi connectivity index (χ2n) is 4.23. The Morgan fingerprint density at radius 3 is 2.94 bits per heavy atom. The molecule has 4 heteroatoms.